The van der Waals surface area contributed by atoms with Crippen LogP contribution in [0.1, 0.15) is 29.5 Å². The third-order valence-corrected chi connectivity index (χ3v) is 10.6. The third-order valence-electron chi connectivity index (χ3n) is 5.95. The van der Waals surface area contributed by atoms with E-state index < -0.39 is 23.2 Å². The SMILES string of the molecule is C1=C(n2cccc2)[CH]([Zr][CH]2C(n3cccc3)=Cc3ccccc32)c2ccccc21.CCl. The van der Waals surface area contributed by atoms with Gasteiger partial charge in [-0.15, -0.1) is 11.6 Å². The van der Waals surface area contributed by atoms with Crippen molar-refractivity contribution < 1.29 is 23.2 Å². The van der Waals surface area contributed by atoms with E-state index >= 15 is 0 Å². The molecule has 4 heteroatoms. The maximum atomic E-state index is 4.64. The zero-order valence-corrected chi connectivity index (χ0v) is 20.5. The average molecular weight is 502 g/mol. The molecule has 152 valence electrons. The van der Waals surface area contributed by atoms with Gasteiger partial charge < -0.3 is 0 Å². The van der Waals surface area contributed by atoms with E-state index in [0.717, 1.165) is 0 Å². The van der Waals surface area contributed by atoms with Crippen molar-refractivity contribution in [2.75, 3.05) is 6.38 Å². The molecule has 2 aromatic carbocycles. The summed E-state index contributed by atoms with van der Waals surface area (Å²) in [5.41, 5.74) is 8.69. The van der Waals surface area contributed by atoms with Gasteiger partial charge in [0.05, 0.1) is 0 Å². The maximum absolute atomic E-state index is 4.64. The number of aromatic nitrogens is 2. The largest absolute Gasteiger partial charge is 0.130 e. The van der Waals surface area contributed by atoms with Crippen LogP contribution in [-0.2, 0) is 23.2 Å². The summed E-state index contributed by atoms with van der Waals surface area (Å²) in [6.45, 7) is 0. The van der Waals surface area contributed by atoms with E-state index in [1.807, 2.05) is 0 Å². The summed E-state index contributed by atoms with van der Waals surface area (Å²) < 4.78 is 5.73. The van der Waals surface area contributed by atoms with Gasteiger partial charge in [-0.1, -0.05) is 0 Å². The Bertz CT molecular complexity index is 1140. The van der Waals surface area contributed by atoms with E-state index in [1.54, 1.807) is 0 Å². The number of fused-ring (bicyclic) bond motifs is 2. The Kier molecular flexibility index (Phi) is 5.98. The molecule has 0 spiro atoms. The van der Waals surface area contributed by atoms with Crippen LogP contribution >= 0.6 is 11.6 Å². The molecular formula is C27H23ClN2Zr. The molecule has 0 bridgehead atoms. The monoisotopic (exact) mass is 500 g/mol. The number of hydrogen-bond acceptors (Lipinski definition) is 0. The summed E-state index contributed by atoms with van der Waals surface area (Å²) in [7, 11) is 0. The average Bonchev–Trinajstić information content (AvgIpc) is 3.61. The molecule has 2 heterocycles. The molecule has 2 nitrogen and oxygen atoms in total. The van der Waals surface area contributed by atoms with Crippen LogP contribution in [0.2, 0.25) is 0 Å². The number of rotatable bonds is 4. The van der Waals surface area contributed by atoms with Gasteiger partial charge in [0.25, 0.3) is 0 Å². The quantitative estimate of drug-likeness (QED) is 0.265. The van der Waals surface area contributed by atoms with E-state index in [-0.39, 0.29) is 0 Å². The minimum atomic E-state index is -0.936. The summed E-state index contributed by atoms with van der Waals surface area (Å²) >= 11 is 3.70. The van der Waals surface area contributed by atoms with Crippen molar-refractivity contribution in [2.45, 2.75) is 7.25 Å². The molecule has 0 aliphatic heterocycles. The summed E-state index contributed by atoms with van der Waals surface area (Å²) in [5.74, 6) is 0. The number of allylic oxidation sites excluding steroid dienone is 2. The van der Waals surface area contributed by atoms with Gasteiger partial charge in [-0.25, -0.2) is 0 Å². The van der Waals surface area contributed by atoms with Gasteiger partial charge in [-0.2, -0.15) is 0 Å². The minimum absolute atomic E-state index is 0.539. The van der Waals surface area contributed by atoms with Crippen LogP contribution in [-0.4, -0.2) is 15.5 Å². The Labute approximate surface area is 200 Å². The first-order chi connectivity index (χ1) is 15.4. The van der Waals surface area contributed by atoms with Crippen molar-refractivity contribution in [2.24, 2.45) is 0 Å². The van der Waals surface area contributed by atoms with E-state index in [1.165, 1.54) is 40.0 Å². The minimum Gasteiger partial charge on any atom is -0.130 e. The van der Waals surface area contributed by atoms with E-state index in [0.29, 0.717) is 7.25 Å². The molecule has 31 heavy (non-hydrogen) atoms. The van der Waals surface area contributed by atoms with Crippen molar-refractivity contribution in [3.8, 4) is 0 Å². The summed E-state index contributed by atoms with van der Waals surface area (Å²) in [5, 5.41) is 0. The second kappa shape index (κ2) is 9.03. The zero-order chi connectivity index (χ0) is 21.2. The molecule has 0 saturated heterocycles. The number of benzene rings is 2. The van der Waals surface area contributed by atoms with Crippen LogP contribution in [0, 0.1) is 0 Å². The van der Waals surface area contributed by atoms with Crippen molar-refractivity contribution in [3.63, 3.8) is 0 Å². The molecule has 2 aliphatic rings. The van der Waals surface area contributed by atoms with Gasteiger partial charge >= 0.3 is 183 Å². The predicted octanol–water partition coefficient (Wildman–Crippen LogP) is 7.03. The molecule has 0 amide bonds. The Morgan fingerprint density at radius 2 is 0.968 bits per heavy atom. The molecule has 2 aromatic heterocycles. The number of nitrogens with zero attached hydrogens (tertiary/aromatic N) is 2. The van der Waals surface area contributed by atoms with Crippen molar-refractivity contribution >= 4 is 35.1 Å². The van der Waals surface area contributed by atoms with Crippen LogP contribution < -0.4 is 0 Å². The van der Waals surface area contributed by atoms with E-state index in [2.05, 4.69) is 130 Å². The number of alkyl halides is 1. The maximum Gasteiger partial charge on any atom is 0.0108 e. The van der Waals surface area contributed by atoms with Gasteiger partial charge in [-0.3, -0.25) is 0 Å². The van der Waals surface area contributed by atoms with Crippen LogP contribution in [0.5, 0.6) is 0 Å². The van der Waals surface area contributed by atoms with Gasteiger partial charge in [0.15, 0.2) is 0 Å². The predicted molar refractivity (Wildman–Crippen MR) is 127 cm³/mol. The molecule has 2 unspecified atom stereocenters. The van der Waals surface area contributed by atoms with E-state index in [9.17, 15) is 0 Å². The standard InChI is InChI=1S/2C13H10N.CH3Cl.Zr/c2*1-2-6-12-10-13(9-11(12)5-1)14-7-3-4-8-14;1-2;/h2*1-10H;1H3;. The Morgan fingerprint density at radius 1 is 0.581 bits per heavy atom. The molecular weight excluding hydrogens is 479 g/mol. The first kappa shape index (κ1) is 20.5. The van der Waals surface area contributed by atoms with Crippen molar-refractivity contribution in [1.82, 2.24) is 9.13 Å². The fraction of sp³-hybridized carbons (Fsp3) is 0.111. The molecule has 4 aromatic rings. The van der Waals surface area contributed by atoms with Gasteiger partial charge in [0, 0.05) is 6.38 Å². The third kappa shape index (κ3) is 3.75. The van der Waals surface area contributed by atoms with Crippen LogP contribution in [0.25, 0.3) is 23.5 Å². The van der Waals surface area contributed by atoms with Crippen molar-refractivity contribution in [3.05, 3.63) is 120 Å². The smallest absolute Gasteiger partial charge is 0.0108 e. The normalized spacial score (nSPS) is 18.4. The number of halogens is 1. The topological polar surface area (TPSA) is 9.86 Å². The van der Waals surface area contributed by atoms with Gasteiger partial charge in [-0.05, 0) is 0 Å². The second-order valence-corrected chi connectivity index (χ2v) is 11.3. The molecule has 6 rings (SSSR count). The van der Waals surface area contributed by atoms with E-state index in [4.69, 9.17) is 0 Å². The summed E-state index contributed by atoms with van der Waals surface area (Å²) in [4.78, 5) is 0. The summed E-state index contributed by atoms with van der Waals surface area (Å²) in [6, 6.07) is 26.4. The molecule has 0 radical (unpaired) electrons. The van der Waals surface area contributed by atoms with Gasteiger partial charge in [0.1, 0.15) is 0 Å². The Balaban J connectivity index is 0.000000994. The first-order valence-corrected chi connectivity index (χ1v) is 14.0. The first-order valence-electron chi connectivity index (χ1n) is 10.4. The number of hydrogen-bond donors (Lipinski definition) is 0. The molecule has 0 N–H and O–H groups in total. The Hall–Kier alpha value is -2.35. The van der Waals surface area contributed by atoms with Gasteiger partial charge in [0.2, 0.25) is 0 Å². The van der Waals surface area contributed by atoms with Crippen LogP contribution in [0.15, 0.2) is 97.6 Å². The van der Waals surface area contributed by atoms with Crippen LogP contribution in [0.3, 0.4) is 0 Å². The van der Waals surface area contributed by atoms with Crippen LogP contribution in [0.4, 0.5) is 0 Å². The molecule has 0 saturated carbocycles. The molecule has 0 fully saturated rings. The van der Waals surface area contributed by atoms with Crippen molar-refractivity contribution in [1.29, 1.82) is 0 Å². The second-order valence-electron chi connectivity index (χ2n) is 7.61. The fourth-order valence-electron chi connectivity index (χ4n) is 4.59. The summed E-state index contributed by atoms with van der Waals surface area (Å²) in [6.07, 6.45) is 15.0. The fourth-order valence-corrected chi connectivity index (χ4v) is 9.57. The zero-order valence-electron chi connectivity index (χ0n) is 17.3. The Morgan fingerprint density at radius 3 is 1.39 bits per heavy atom. The molecule has 2 aliphatic carbocycles. The molecule has 2 atom stereocenters.